The Balaban J connectivity index is 1.51. The van der Waals surface area contributed by atoms with Crippen LogP contribution >= 0.6 is 11.3 Å². The van der Waals surface area contributed by atoms with Gasteiger partial charge in [-0.15, -0.1) is 0 Å². The Kier molecular flexibility index (Phi) is 6.58. The predicted molar refractivity (Wildman–Crippen MR) is 156 cm³/mol. The first-order valence-corrected chi connectivity index (χ1v) is 14.3. The number of carbonyl (C=O) groups is 2. The van der Waals surface area contributed by atoms with Crippen molar-refractivity contribution in [3.63, 3.8) is 0 Å². The number of benzene rings is 3. The van der Waals surface area contributed by atoms with E-state index in [9.17, 15) is 14.7 Å². The molecule has 1 amide bonds. The topological polar surface area (TPSA) is 89.0 Å². The minimum absolute atomic E-state index is 0.0336. The summed E-state index contributed by atoms with van der Waals surface area (Å²) in [5, 5.41) is 12.0. The van der Waals surface area contributed by atoms with Gasteiger partial charge in [0.2, 0.25) is 0 Å². The van der Waals surface area contributed by atoms with E-state index in [2.05, 4.69) is 0 Å². The fourth-order valence-corrected chi connectivity index (χ4v) is 6.67. The summed E-state index contributed by atoms with van der Waals surface area (Å²) in [4.78, 5) is 33.5. The molecule has 1 fully saturated rings. The number of aryl methyl sites for hydroxylation is 2. The van der Waals surface area contributed by atoms with Crippen molar-refractivity contribution in [2.45, 2.75) is 52.7 Å². The van der Waals surface area contributed by atoms with Crippen molar-refractivity contribution in [3.05, 3.63) is 88.0 Å². The molecule has 0 radical (unpaired) electrons. The molecule has 0 bridgehead atoms. The van der Waals surface area contributed by atoms with Crippen LogP contribution in [0, 0.1) is 13.8 Å². The molecule has 40 heavy (non-hydrogen) atoms. The third-order valence-corrected chi connectivity index (χ3v) is 8.31. The largest absolute Gasteiger partial charge is 0.507 e. The molecule has 3 heterocycles. The molecule has 1 N–H and O–H groups in total. The number of aliphatic hydroxyl groups is 1. The van der Waals surface area contributed by atoms with E-state index in [1.165, 1.54) is 16.2 Å². The average molecular weight is 555 g/mol. The second-order valence-corrected chi connectivity index (χ2v) is 11.5. The van der Waals surface area contributed by atoms with Gasteiger partial charge in [-0.3, -0.25) is 14.5 Å². The lowest BCUT2D eigenvalue weighted by Gasteiger charge is -2.23. The molecule has 204 valence electrons. The number of aliphatic hydroxyl groups excluding tert-OH is 1. The molecule has 1 saturated heterocycles. The molecule has 3 aromatic carbocycles. The van der Waals surface area contributed by atoms with Crippen LogP contribution in [-0.2, 0) is 16.0 Å². The van der Waals surface area contributed by atoms with Crippen LogP contribution in [0.25, 0.3) is 16.0 Å². The lowest BCUT2D eigenvalue weighted by Crippen LogP contribution is -2.29. The van der Waals surface area contributed by atoms with Gasteiger partial charge in [0, 0.05) is 12.0 Å². The number of ketones is 1. The van der Waals surface area contributed by atoms with Crippen molar-refractivity contribution in [1.29, 1.82) is 0 Å². The molecule has 2 aliphatic rings. The Morgan fingerprint density at radius 1 is 1.12 bits per heavy atom. The van der Waals surface area contributed by atoms with Crippen LogP contribution in [0.15, 0.2) is 60.2 Å². The van der Waals surface area contributed by atoms with E-state index in [0.29, 0.717) is 35.0 Å². The van der Waals surface area contributed by atoms with Gasteiger partial charge in [-0.05, 0) is 85.8 Å². The van der Waals surface area contributed by atoms with Gasteiger partial charge in [-0.1, -0.05) is 36.5 Å². The van der Waals surface area contributed by atoms with Gasteiger partial charge in [-0.2, -0.15) is 0 Å². The third kappa shape index (κ3) is 4.42. The zero-order valence-electron chi connectivity index (χ0n) is 22.9. The van der Waals surface area contributed by atoms with Crippen molar-refractivity contribution in [3.8, 4) is 11.5 Å². The summed E-state index contributed by atoms with van der Waals surface area (Å²) in [5.74, 6) is -0.214. The van der Waals surface area contributed by atoms with Crippen LogP contribution < -0.4 is 14.4 Å². The lowest BCUT2D eigenvalue weighted by atomic mass is 9.94. The summed E-state index contributed by atoms with van der Waals surface area (Å²) in [6, 6.07) is 15.9. The molecule has 1 aromatic heterocycles. The van der Waals surface area contributed by atoms with Crippen molar-refractivity contribution < 1.29 is 24.2 Å². The second-order valence-electron chi connectivity index (χ2n) is 10.5. The maximum Gasteiger partial charge on any atom is 0.301 e. The lowest BCUT2D eigenvalue weighted by molar-refractivity contribution is -0.132. The summed E-state index contributed by atoms with van der Waals surface area (Å²) in [5.41, 5.74) is 5.02. The van der Waals surface area contributed by atoms with Crippen molar-refractivity contribution in [1.82, 2.24) is 4.98 Å². The Labute approximate surface area is 236 Å². The Bertz CT molecular complexity index is 1690. The van der Waals surface area contributed by atoms with E-state index < -0.39 is 17.7 Å². The van der Waals surface area contributed by atoms with Gasteiger partial charge in [0.25, 0.3) is 5.78 Å². The number of nitrogens with zero attached hydrogens (tertiary/aromatic N) is 2. The van der Waals surface area contributed by atoms with Crippen LogP contribution in [0.3, 0.4) is 0 Å². The fourth-order valence-electron chi connectivity index (χ4n) is 5.50. The predicted octanol–water partition coefficient (Wildman–Crippen LogP) is 6.65. The highest BCUT2D eigenvalue weighted by atomic mass is 32.1. The first kappa shape index (κ1) is 26.1. The van der Waals surface area contributed by atoms with Gasteiger partial charge in [0.1, 0.15) is 23.4 Å². The third-order valence-electron chi connectivity index (χ3n) is 7.31. The van der Waals surface area contributed by atoms with Crippen LogP contribution in [0.5, 0.6) is 11.5 Å². The highest BCUT2D eigenvalue weighted by Crippen LogP contribution is 2.45. The van der Waals surface area contributed by atoms with Crippen LogP contribution in [0.2, 0.25) is 0 Å². The van der Waals surface area contributed by atoms with E-state index in [4.69, 9.17) is 14.5 Å². The first-order valence-electron chi connectivity index (χ1n) is 13.5. The molecule has 0 aliphatic carbocycles. The molecule has 7 nitrogen and oxygen atoms in total. The molecular weight excluding hydrogens is 524 g/mol. The Hall–Kier alpha value is -4.17. The number of thiazole rings is 1. The number of ether oxygens (including phenoxy) is 2. The maximum absolute atomic E-state index is 13.7. The molecule has 0 saturated carbocycles. The SMILES string of the molecule is CCCOc1ccc([C@H]2C(=C(O)c3ccc4c(c3)C[C@@H](C)O4)C(=O)C(=O)N2c2nc3c(C)cc(C)cc3s2)cc1. The Morgan fingerprint density at radius 2 is 1.90 bits per heavy atom. The number of hydrogen-bond acceptors (Lipinski definition) is 7. The van der Waals surface area contributed by atoms with Gasteiger partial charge in [0.05, 0.1) is 28.4 Å². The first-order chi connectivity index (χ1) is 19.2. The van der Waals surface area contributed by atoms with Crippen molar-refractivity contribution >= 4 is 44.1 Å². The second kappa shape index (κ2) is 10.1. The minimum atomic E-state index is -0.856. The molecular formula is C32H30N2O5S. The number of hydrogen-bond donors (Lipinski definition) is 1. The quantitative estimate of drug-likeness (QED) is 0.163. The van der Waals surface area contributed by atoms with E-state index in [1.54, 1.807) is 12.1 Å². The zero-order chi connectivity index (χ0) is 28.1. The minimum Gasteiger partial charge on any atom is -0.507 e. The van der Waals surface area contributed by atoms with Crippen LogP contribution in [0.4, 0.5) is 5.13 Å². The number of anilines is 1. The smallest absolute Gasteiger partial charge is 0.301 e. The van der Waals surface area contributed by atoms with E-state index in [0.717, 1.165) is 39.1 Å². The maximum atomic E-state index is 13.7. The summed E-state index contributed by atoms with van der Waals surface area (Å²) < 4.78 is 12.5. The number of aromatic nitrogens is 1. The van der Waals surface area contributed by atoms with E-state index in [-0.39, 0.29) is 17.4 Å². The van der Waals surface area contributed by atoms with Crippen LogP contribution in [-0.4, -0.2) is 34.5 Å². The average Bonchev–Trinajstić information content (AvgIpc) is 3.60. The number of fused-ring (bicyclic) bond motifs is 2. The highest BCUT2D eigenvalue weighted by molar-refractivity contribution is 7.22. The van der Waals surface area contributed by atoms with Gasteiger partial charge in [0.15, 0.2) is 5.13 Å². The normalized spacial score (nSPS) is 19.8. The summed E-state index contributed by atoms with van der Waals surface area (Å²) in [7, 11) is 0. The number of rotatable bonds is 6. The van der Waals surface area contributed by atoms with Crippen LogP contribution in [0.1, 0.15) is 54.1 Å². The zero-order valence-corrected chi connectivity index (χ0v) is 23.7. The van der Waals surface area contributed by atoms with E-state index in [1.807, 2.05) is 70.2 Å². The molecule has 6 rings (SSSR count). The van der Waals surface area contributed by atoms with Crippen molar-refractivity contribution in [2.75, 3.05) is 11.5 Å². The summed E-state index contributed by atoms with van der Waals surface area (Å²) in [6.45, 7) is 8.61. The molecule has 0 unspecified atom stereocenters. The molecule has 2 aliphatic heterocycles. The molecule has 8 heteroatoms. The van der Waals surface area contributed by atoms with Gasteiger partial charge >= 0.3 is 5.91 Å². The molecule has 2 atom stereocenters. The highest BCUT2D eigenvalue weighted by Gasteiger charge is 2.48. The summed E-state index contributed by atoms with van der Waals surface area (Å²) in [6.07, 6.45) is 1.62. The number of Topliss-reactive ketones (excluding diaryl/α,β-unsaturated/α-hetero) is 1. The fraction of sp³-hybridized carbons (Fsp3) is 0.281. The molecule has 0 spiro atoms. The summed E-state index contributed by atoms with van der Waals surface area (Å²) >= 11 is 1.36. The standard InChI is InChI=1S/C32H30N2O5S/c1-5-12-38-23-9-6-20(7-10-23)28-26(29(35)21-8-11-24-22(16-21)15-19(4)39-24)30(36)31(37)34(28)32-33-27-18(3)13-17(2)14-25(27)40-32/h6-11,13-14,16,19,28,35H,5,12,15H2,1-4H3/t19-,28+/m1/s1. The Morgan fingerprint density at radius 3 is 2.65 bits per heavy atom. The molecule has 4 aromatic rings. The monoisotopic (exact) mass is 554 g/mol. The van der Waals surface area contributed by atoms with Crippen molar-refractivity contribution in [2.24, 2.45) is 0 Å². The number of amides is 1. The van der Waals surface area contributed by atoms with Gasteiger partial charge < -0.3 is 14.6 Å². The number of carbonyl (C=O) groups excluding carboxylic acids is 2. The van der Waals surface area contributed by atoms with E-state index >= 15 is 0 Å². The van der Waals surface area contributed by atoms with Gasteiger partial charge in [-0.25, -0.2) is 4.98 Å².